The molecule has 158 valence electrons. The Bertz CT molecular complexity index is 753. The van der Waals surface area contributed by atoms with Gasteiger partial charge in [0.1, 0.15) is 31.5 Å². The van der Waals surface area contributed by atoms with Gasteiger partial charge in [-0.25, -0.2) is 0 Å². The van der Waals surface area contributed by atoms with Crippen LogP contribution in [-0.4, -0.2) is 62.9 Å². The van der Waals surface area contributed by atoms with E-state index in [9.17, 15) is 5.11 Å². The Morgan fingerprint density at radius 1 is 1.24 bits per heavy atom. The molecule has 2 aromatic rings. The van der Waals surface area contributed by atoms with Crippen molar-refractivity contribution in [2.45, 2.75) is 25.6 Å². The zero-order chi connectivity index (χ0) is 20.9. The predicted octanol–water partition coefficient (Wildman–Crippen LogP) is 0.977. The number of hydrogen-bond donors (Lipinski definition) is 2. The van der Waals surface area contributed by atoms with Gasteiger partial charge in [-0.05, 0) is 29.8 Å². The normalized spacial score (nSPS) is 13.0. The highest BCUT2D eigenvalue weighted by atomic mass is 16.5. The lowest BCUT2D eigenvalue weighted by Gasteiger charge is -2.23. The van der Waals surface area contributed by atoms with Crippen LogP contribution in [0.3, 0.4) is 0 Å². The zero-order valence-corrected chi connectivity index (χ0v) is 17.5. The number of nitrogens with zero attached hydrogens (tertiary/aromatic N) is 1. The SMILES string of the molecule is C#CCOC[C@H](O)C[NH+](CCCOC)Cc1cccn1Cc1cccc(OC)c1. The van der Waals surface area contributed by atoms with Crippen molar-refractivity contribution >= 4 is 0 Å². The van der Waals surface area contributed by atoms with E-state index in [1.54, 1.807) is 14.2 Å². The average Bonchev–Trinajstić information content (AvgIpc) is 3.15. The van der Waals surface area contributed by atoms with E-state index in [1.165, 1.54) is 16.2 Å². The third-order valence-electron chi connectivity index (χ3n) is 4.74. The molecule has 0 saturated carbocycles. The second-order valence-corrected chi connectivity index (χ2v) is 7.08. The van der Waals surface area contributed by atoms with Crippen molar-refractivity contribution in [2.75, 3.05) is 47.1 Å². The second-order valence-electron chi connectivity index (χ2n) is 7.08. The van der Waals surface area contributed by atoms with E-state index in [1.807, 2.05) is 12.1 Å². The van der Waals surface area contributed by atoms with Gasteiger partial charge in [0, 0.05) is 26.3 Å². The number of aliphatic hydroxyl groups is 1. The van der Waals surface area contributed by atoms with E-state index in [0.717, 1.165) is 31.8 Å². The van der Waals surface area contributed by atoms with E-state index in [0.29, 0.717) is 13.2 Å². The molecule has 0 radical (unpaired) electrons. The van der Waals surface area contributed by atoms with Crippen LogP contribution in [0.4, 0.5) is 0 Å². The van der Waals surface area contributed by atoms with Crippen LogP contribution in [0.15, 0.2) is 42.6 Å². The summed E-state index contributed by atoms with van der Waals surface area (Å²) in [7, 11) is 3.39. The molecule has 1 heterocycles. The molecule has 0 aliphatic heterocycles. The van der Waals surface area contributed by atoms with E-state index < -0.39 is 6.10 Å². The van der Waals surface area contributed by atoms with Gasteiger partial charge in [0.25, 0.3) is 0 Å². The third-order valence-corrected chi connectivity index (χ3v) is 4.74. The highest BCUT2D eigenvalue weighted by Gasteiger charge is 2.17. The maximum atomic E-state index is 10.3. The molecule has 0 amide bonds. The van der Waals surface area contributed by atoms with Crippen molar-refractivity contribution in [2.24, 2.45) is 0 Å². The molecule has 0 aliphatic rings. The lowest BCUT2D eigenvalue weighted by Crippen LogP contribution is -3.12. The Kier molecular flexibility index (Phi) is 10.3. The first-order valence-electron chi connectivity index (χ1n) is 9.95. The van der Waals surface area contributed by atoms with Gasteiger partial charge in [0.05, 0.1) is 32.6 Å². The summed E-state index contributed by atoms with van der Waals surface area (Å²) >= 11 is 0. The maximum absolute atomic E-state index is 10.3. The maximum Gasteiger partial charge on any atom is 0.126 e. The van der Waals surface area contributed by atoms with Crippen molar-refractivity contribution in [3.05, 3.63) is 53.9 Å². The van der Waals surface area contributed by atoms with Gasteiger partial charge in [-0.2, -0.15) is 0 Å². The fourth-order valence-corrected chi connectivity index (χ4v) is 3.36. The molecular formula is C23H33N2O4+. The molecule has 0 spiro atoms. The summed E-state index contributed by atoms with van der Waals surface area (Å²) in [6.07, 6.45) is 7.67. The Morgan fingerprint density at radius 2 is 2.10 bits per heavy atom. The number of terminal acetylenes is 1. The van der Waals surface area contributed by atoms with Gasteiger partial charge >= 0.3 is 0 Å². The molecule has 0 fully saturated rings. The molecule has 0 aliphatic carbocycles. The topological polar surface area (TPSA) is 57.3 Å². The fourth-order valence-electron chi connectivity index (χ4n) is 3.36. The quantitative estimate of drug-likeness (QED) is 0.366. The molecule has 0 bridgehead atoms. The third kappa shape index (κ3) is 8.30. The monoisotopic (exact) mass is 401 g/mol. The molecule has 1 aromatic carbocycles. The van der Waals surface area contributed by atoms with E-state index >= 15 is 0 Å². The van der Waals surface area contributed by atoms with Gasteiger partial charge in [0.2, 0.25) is 0 Å². The number of nitrogens with one attached hydrogen (secondary N) is 1. The van der Waals surface area contributed by atoms with Crippen LogP contribution in [0.2, 0.25) is 0 Å². The zero-order valence-electron chi connectivity index (χ0n) is 17.5. The van der Waals surface area contributed by atoms with Gasteiger partial charge in [-0.1, -0.05) is 18.1 Å². The number of hydrogen-bond acceptors (Lipinski definition) is 4. The molecule has 1 unspecified atom stereocenters. The lowest BCUT2D eigenvalue weighted by atomic mass is 10.2. The Morgan fingerprint density at radius 3 is 2.86 bits per heavy atom. The number of aliphatic hydroxyl groups excluding tert-OH is 1. The van der Waals surface area contributed by atoms with E-state index in [4.69, 9.17) is 20.6 Å². The van der Waals surface area contributed by atoms with Crippen molar-refractivity contribution in [3.63, 3.8) is 0 Å². The Labute approximate surface area is 174 Å². The summed E-state index contributed by atoms with van der Waals surface area (Å²) in [4.78, 5) is 1.28. The molecule has 6 heteroatoms. The van der Waals surface area contributed by atoms with Crippen LogP contribution < -0.4 is 9.64 Å². The van der Waals surface area contributed by atoms with Crippen LogP contribution in [-0.2, 0) is 22.6 Å². The number of ether oxygens (including phenoxy) is 3. The van der Waals surface area contributed by atoms with Crippen molar-refractivity contribution < 1.29 is 24.2 Å². The van der Waals surface area contributed by atoms with E-state index in [-0.39, 0.29) is 13.2 Å². The van der Waals surface area contributed by atoms with Gasteiger partial charge in [-0.15, -0.1) is 6.42 Å². The Balaban J connectivity index is 2.01. The predicted molar refractivity (Wildman–Crippen MR) is 113 cm³/mol. The molecule has 2 rings (SSSR count). The highest BCUT2D eigenvalue weighted by molar-refractivity contribution is 5.29. The minimum absolute atomic E-state index is 0.222. The Hall–Kier alpha value is -2.30. The highest BCUT2D eigenvalue weighted by Crippen LogP contribution is 2.14. The number of methoxy groups -OCH3 is 2. The summed E-state index contributed by atoms with van der Waals surface area (Å²) in [6, 6.07) is 12.3. The first kappa shape index (κ1) is 23.0. The summed E-state index contributed by atoms with van der Waals surface area (Å²) < 4.78 is 18.1. The largest absolute Gasteiger partial charge is 0.497 e. The number of aromatic nitrogens is 1. The minimum atomic E-state index is -0.553. The van der Waals surface area contributed by atoms with Crippen LogP contribution in [0.25, 0.3) is 0 Å². The first-order chi connectivity index (χ1) is 14.2. The molecule has 1 aromatic heterocycles. The van der Waals surface area contributed by atoms with E-state index in [2.05, 4.69) is 40.9 Å². The van der Waals surface area contributed by atoms with Gasteiger partial charge < -0.3 is 28.8 Å². The average molecular weight is 402 g/mol. The standard InChI is InChI=1S/C23H32N2O4/c1-4-13-29-19-22(26)18-24(11-7-14-27-2)17-21-9-6-12-25(21)16-20-8-5-10-23(15-20)28-3/h1,5-6,8-10,12,15,22,26H,7,11,13-14,16-19H2,2-3H3/p+1/t22-/m1/s1. The van der Waals surface area contributed by atoms with Crippen molar-refractivity contribution in [1.29, 1.82) is 0 Å². The molecule has 0 saturated heterocycles. The summed E-state index contributed by atoms with van der Waals surface area (Å²) in [5.41, 5.74) is 2.41. The number of quaternary nitrogens is 1. The molecular weight excluding hydrogens is 368 g/mol. The molecule has 2 atom stereocenters. The number of rotatable bonds is 14. The second kappa shape index (κ2) is 13.0. The van der Waals surface area contributed by atoms with Gasteiger partial charge in [-0.3, -0.25) is 0 Å². The summed E-state index contributed by atoms with van der Waals surface area (Å²) in [5.74, 6) is 3.28. The molecule has 2 N–H and O–H groups in total. The van der Waals surface area contributed by atoms with Crippen LogP contribution in [0, 0.1) is 12.3 Å². The lowest BCUT2D eigenvalue weighted by molar-refractivity contribution is -0.917. The smallest absolute Gasteiger partial charge is 0.126 e. The van der Waals surface area contributed by atoms with Crippen molar-refractivity contribution in [1.82, 2.24) is 4.57 Å². The molecule has 6 nitrogen and oxygen atoms in total. The fraction of sp³-hybridized carbons (Fsp3) is 0.478. The minimum Gasteiger partial charge on any atom is -0.497 e. The van der Waals surface area contributed by atoms with Gasteiger partial charge in [0.15, 0.2) is 0 Å². The van der Waals surface area contributed by atoms with Crippen LogP contribution in [0.5, 0.6) is 5.75 Å². The number of benzene rings is 1. The van der Waals surface area contributed by atoms with Crippen molar-refractivity contribution in [3.8, 4) is 18.1 Å². The summed E-state index contributed by atoms with van der Waals surface area (Å²) in [5, 5.41) is 10.3. The summed E-state index contributed by atoms with van der Waals surface area (Å²) in [6.45, 7) is 4.27. The first-order valence-corrected chi connectivity index (χ1v) is 9.95. The van der Waals surface area contributed by atoms with Crippen LogP contribution >= 0.6 is 0 Å². The van der Waals surface area contributed by atoms with Crippen LogP contribution in [0.1, 0.15) is 17.7 Å². The molecule has 29 heavy (non-hydrogen) atoms.